The number of nitrogens with two attached hydrogens (primary N) is 1. The normalized spacial score (nSPS) is 28.8. The van der Waals surface area contributed by atoms with Gasteiger partial charge in [-0.05, 0) is 6.92 Å². The molecule has 7 nitrogen and oxygen atoms in total. The van der Waals surface area contributed by atoms with Crippen molar-refractivity contribution < 1.29 is 9.53 Å². The zero-order chi connectivity index (χ0) is 18.2. The lowest BCUT2D eigenvalue weighted by Crippen LogP contribution is -2.76. The molecule has 2 atom stereocenters. The van der Waals surface area contributed by atoms with Gasteiger partial charge >= 0.3 is 0 Å². The molecule has 0 aromatic carbocycles. The Hall–Kier alpha value is -1.25. The van der Waals surface area contributed by atoms with Gasteiger partial charge in [-0.25, -0.2) is 4.98 Å². The first kappa shape index (κ1) is 18.5. The van der Waals surface area contributed by atoms with Crippen molar-refractivity contribution in [2.24, 2.45) is 11.1 Å². The van der Waals surface area contributed by atoms with Crippen LogP contribution in [0.2, 0.25) is 0 Å². The van der Waals surface area contributed by atoms with E-state index in [4.69, 9.17) is 10.5 Å². The highest BCUT2D eigenvalue weighted by atomic mass is 32.1. The highest BCUT2D eigenvalue weighted by molar-refractivity contribution is 7.09. The van der Waals surface area contributed by atoms with Gasteiger partial charge in [0.25, 0.3) is 0 Å². The van der Waals surface area contributed by atoms with Gasteiger partial charge in [0, 0.05) is 62.6 Å². The minimum Gasteiger partial charge on any atom is -0.378 e. The Balaban J connectivity index is 1.60. The highest BCUT2D eigenvalue weighted by Gasteiger charge is 2.63. The molecule has 1 saturated heterocycles. The van der Waals surface area contributed by atoms with Crippen LogP contribution in [0, 0.1) is 5.41 Å². The number of aryl methyl sites for hydroxylation is 1. The van der Waals surface area contributed by atoms with Crippen molar-refractivity contribution >= 4 is 22.6 Å². The fourth-order valence-corrected chi connectivity index (χ4v) is 4.50. The number of nitrogens with zero attached hydrogens (tertiary/aromatic N) is 4. The number of carbonyl (C=O) groups excluding carboxylic acids is 1. The largest absolute Gasteiger partial charge is 0.378 e. The Morgan fingerprint density at radius 2 is 2.00 bits per heavy atom. The number of piperazine rings is 1. The molecule has 1 aliphatic heterocycles. The third-order valence-corrected chi connectivity index (χ3v) is 6.64. The monoisotopic (exact) mass is 367 g/mol. The van der Waals surface area contributed by atoms with Crippen LogP contribution < -0.4 is 10.6 Å². The predicted octanol–water partition coefficient (Wildman–Crippen LogP) is 1.28. The van der Waals surface area contributed by atoms with Gasteiger partial charge < -0.3 is 20.3 Å². The molecule has 2 N–H and O–H groups in total. The summed E-state index contributed by atoms with van der Waals surface area (Å²) in [5.41, 5.74) is 5.37. The summed E-state index contributed by atoms with van der Waals surface area (Å²) < 4.78 is 10.1. The van der Waals surface area contributed by atoms with Crippen LogP contribution in [0.3, 0.4) is 0 Å². The lowest BCUT2D eigenvalue weighted by atomic mass is 9.54. The lowest BCUT2D eigenvalue weighted by Gasteiger charge is -2.59. The van der Waals surface area contributed by atoms with E-state index in [1.165, 1.54) is 11.5 Å². The average molecular weight is 368 g/mol. The van der Waals surface area contributed by atoms with Crippen LogP contribution >= 0.6 is 11.5 Å². The Morgan fingerprint density at radius 1 is 1.32 bits per heavy atom. The SMILES string of the molecule is CCOC1CC(N)(C(=O)N2CCN(c3nc(CC)ns3)CC2)C1(C)C. The van der Waals surface area contributed by atoms with Crippen LogP contribution in [-0.2, 0) is 16.0 Å². The first-order chi connectivity index (χ1) is 11.8. The van der Waals surface area contributed by atoms with Crippen LogP contribution in [0.5, 0.6) is 0 Å². The average Bonchev–Trinajstić information content (AvgIpc) is 3.10. The molecule has 140 valence electrons. The van der Waals surface area contributed by atoms with Gasteiger partial charge in [0.2, 0.25) is 11.0 Å². The molecule has 2 heterocycles. The van der Waals surface area contributed by atoms with E-state index in [1.807, 2.05) is 25.7 Å². The first-order valence-electron chi connectivity index (χ1n) is 9.11. The van der Waals surface area contributed by atoms with Gasteiger partial charge in [-0.2, -0.15) is 4.37 Å². The number of amides is 1. The number of anilines is 1. The molecule has 2 aliphatic rings. The number of hydrogen-bond acceptors (Lipinski definition) is 7. The molecule has 1 aliphatic carbocycles. The summed E-state index contributed by atoms with van der Waals surface area (Å²) in [5, 5.41) is 0.951. The molecule has 8 heteroatoms. The van der Waals surface area contributed by atoms with Crippen LogP contribution in [0.15, 0.2) is 0 Å². The Labute approximate surface area is 153 Å². The number of aromatic nitrogens is 2. The summed E-state index contributed by atoms with van der Waals surface area (Å²) in [6.07, 6.45) is 1.51. The van der Waals surface area contributed by atoms with E-state index in [2.05, 4.69) is 21.2 Å². The van der Waals surface area contributed by atoms with E-state index in [1.54, 1.807) is 0 Å². The van der Waals surface area contributed by atoms with Crippen molar-refractivity contribution in [2.45, 2.75) is 52.2 Å². The summed E-state index contributed by atoms with van der Waals surface area (Å²) in [6, 6.07) is 0. The van der Waals surface area contributed by atoms with Gasteiger partial charge in [-0.3, -0.25) is 4.79 Å². The van der Waals surface area contributed by atoms with Crippen LogP contribution in [0.25, 0.3) is 0 Å². The second-order valence-corrected chi connectivity index (χ2v) is 8.20. The van der Waals surface area contributed by atoms with Crippen molar-refractivity contribution in [3.8, 4) is 0 Å². The Morgan fingerprint density at radius 3 is 2.52 bits per heavy atom. The molecular weight excluding hydrogens is 338 g/mol. The molecule has 0 spiro atoms. The zero-order valence-corrected chi connectivity index (χ0v) is 16.4. The molecule has 1 saturated carbocycles. The second kappa shape index (κ2) is 6.81. The molecule has 1 aromatic heterocycles. The molecule has 2 unspecified atom stereocenters. The number of hydrogen-bond donors (Lipinski definition) is 1. The number of carbonyl (C=O) groups is 1. The standard InChI is InChI=1S/C17H29N5O2S/c1-5-13-19-15(25-20-13)22-9-7-21(8-10-22)14(23)17(18)11-12(24-6-2)16(17,3)4/h12H,5-11,18H2,1-4H3. The second-order valence-electron chi connectivity index (χ2n) is 7.47. The minimum atomic E-state index is -0.826. The molecular formula is C17H29N5O2S. The van der Waals surface area contributed by atoms with Crippen molar-refractivity contribution in [3.63, 3.8) is 0 Å². The van der Waals surface area contributed by atoms with Crippen molar-refractivity contribution in [3.05, 3.63) is 5.82 Å². The Kier molecular flexibility index (Phi) is 5.05. The fraction of sp³-hybridized carbons (Fsp3) is 0.824. The smallest absolute Gasteiger partial charge is 0.243 e. The molecule has 2 fully saturated rings. The molecule has 0 radical (unpaired) electrons. The van der Waals surface area contributed by atoms with Crippen LogP contribution in [0.1, 0.15) is 39.9 Å². The number of rotatable bonds is 5. The van der Waals surface area contributed by atoms with Crippen LogP contribution in [-0.4, -0.2) is 64.6 Å². The summed E-state index contributed by atoms with van der Waals surface area (Å²) in [5.74, 6) is 0.942. The Bertz CT molecular complexity index is 626. The molecule has 1 aromatic rings. The summed E-state index contributed by atoms with van der Waals surface area (Å²) in [6.45, 7) is 11.7. The molecule has 3 rings (SSSR count). The van der Waals surface area contributed by atoms with Crippen molar-refractivity contribution in [1.82, 2.24) is 14.3 Å². The molecule has 1 amide bonds. The summed E-state index contributed by atoms with van der Waals surface area (Å²) in [4.78, 5) is 21.7. The van der Waals surface area contributed by atoms with Gasteiger partial charge in [-0.15, -0.1) is 0 Å². The zero-order valence-electron chi connectivity index (χ0n) is 15.6. The van der Waals surface area contributed by atoms with E-state index in [-0.39, 0.29) is 17.4 Å². The van der Waals surface area contributed by atoms with E-state index < -0.39 is 5.54 Å². The van der Waals surface area contributed by atoms with Gasteiger partial charge in [0.05, 0.1) is 6.10 Å². The van der Waals surface area contributed by atoms with Crippen molar-refractivity contribution in [1.29, 1.82) is 0 Å². The van der Waals surface area contributed by atoms with E-state index in [0.717, 1.165) is 30.5 Å². The molecule has 0 bridgehead atoms. The van der Waals surface area contributed by atoms with Crippen LogP contribution in [0.4, 0.5) is 5.13 Å². The maximum Gasteiger partial charge on any atom is 0.243 e. The third-order valence-electron chi connectivity index (χ3n) is 5.82. The third kappa shape index (κ3) is 3.04. The lowest BCUT2D eigenvalue weighted by molar-refractivity contribution is -0.179. The highest BCUT2D eigenvalue weighted by Crippen LogP contribution is 2.50. The fourth-order valence-electron chi connectivity index (χ4n) is 3.70. The topological polar surface area (TPSA) is 84.6 Å². The number of ether oxygens (including phenoxy) is 1. The molecule has 25 heavy (non-hydrogen) atoms. The predicted molar refractivity (Wildman–Crippen MR) is 98.8 cm³/mol. The van der Waals surface area contributed by atoms with E-state index in [0.29, 0.717) is 26.1 Å². The first-order valence-corrected chi connectivity index (χ1v) is 9.88. The van der Waals surface area contributed by atoms with Gasteiger partial charge in [0.15, 0.2) is 0 Å². The van der Waals surface area contributed by atoms with Gasteiger partial charge in [0.1, 0.15) is 11.4 Å². The maximum atomic E-state index is 13.1. The maximum absolute atomic E-state index is 13.1. The van der Waals surface area contributed by atoms with Gasteiger partial charge in [-0.1, -0.05) is 20.8 Å². The van der Waals surface area contributed by atoms with Crippen molar-refractivity contribution in [2.75, 3.05) is 37.7 Å². The minimum absolute atomic E-state index is 0.0552. The summed E-state index contributed by atoms with van der Waals surface area (Å²) in [7, 11) is 0. The summed E-state index contributed by atoms with van der Waals surface area (Å²) >= 11 is 1.44. The van der Waals surface area contributed by atoms with E-state index in [9.17, 15) is 4.79 Å². The van der Waals surface area contributed by atoms with E-state index >= 15 is 0 Å². The quantitative estimate of drug-likeness (QED) is 0.844.